The first-order chi connectivity index (χ1) is 13.0. The van der Waals surface area contributed by atoms with Crippen LogP contribution >= 0.6 is 0 Å². The highest BCUT2D eigenvalue weighted by atomic mass is 16.5. The molecule has 144 valence electrons. The number of rotatable bonds is 10. The largest absolute Gasteiger partial charge is 0.494 e. The van der Waals surface area contributed by atoms with E-state index in [4.69, 9.17) is 9.47 Å². The van der Waals surface area contributed by atoms with E-state index in [0.29, 0.717) is 18.8 Å². The standard InChI is InChI=1S/C21H25NO5/c1-3-26-18-7-9-19(10-8-18)27-14-20(23)22-13-17(21(24)25)12-16-6-4-5-15(2)11-16/h4-11,17H,3,12-14H2,1-2H3,(H,22,23)(H,24,25). The number of aryl methyl sites for hydroxylation is 1. The van der Waals surface area contributed by atoms with Gasteiger partial charge < -0.3 is 19.9 Å². The summed E-state index contributed by atoms with van der Waals surface area (Å²) in [5.41, 5.74) is 2.01. The number of carbonyl (C=O) groups excluding carboxylic acids is 1. The van der Waals surface area contributed by atoms with Crippen molar-refractivity contribution in [3.05, 3.63) is 59.7 Å². The first-order valence-electron chi connectivity index (χ1n) is 8.88. The van der Waals surface area contributed by atoms with Gasteiger partial charge in [-0.15, -0.1) is 0 Å². The molecule has 2 rings (SSSR count). The molecular weight excluding hydrogens is 346 g/mol. The van der Waals surface area contributed by atoms with Gasteiger partial charge in [0.1, 0.15) is 11.5 Å². The summed E-state index contributed by atoms with van der Waals surface area (Å²) in [6, 6.07) is 14.7. The van der Waals surface area contributed by atoms with Gasteiger partial charge in [0.05, 0.1) is 12.5 Å². The number of aliphatic carboxylic acids is 1. The average Bonchev–Trinajstić information content (AvgIpc) is 2.64. The van der Waals surface area contributed by atoms with Crippen molar-refractivity contribution >= 4 is 11.9 Å². The van der Waals surface area contributed by atoms with Crippen LogP contribution in [0.25, 0.3) is 0 Å². The summed E-state index contributed by atoms with van der Waals surface area (Å²) < 4.78 is 10.8. The van der Waals surface area contributed by atoms with E-state index >= 15 is 0 Å². The topological polar surface area (TPSA) is 84.9 Å². The number of carbonyl (C=O) groups is 2. The van der Waals surface area contributed by atoms with Gasteiger partial charge in [-0.05, 0) is 50.1 Å². The van der Waals surface area contributed by atoms with E-state index in [2.05, 4.69) is 5.32 Å². The Morgan fingerprint density at radius 3 is 2.33 bits per heavy atom. The highest BCUT2D eigenvalue weighted by Crippen LogP contribution is 2.17. The normalized spacial score (nSPS) is 11.5. The van der Waals surface area contributed by atoms with Crippen LogP contribution < -0.4 is 14.8 Å². The second kappa shape index (κ2) is 10.2. The maximum atomic E-state index is 12.0. The molecule has 0 aliphatic rings. The lowest BCUT2D eigenvalue weighted by Gasteiger charge is -2.14. The molecule has 2 N–H and O–H groups in total. The lowest BCUT2D eigenvalue weighted by Crippen LogP contribution is -2.36. The molecule has 0 heterocycles. The molecule has 1 atom stereocenters. The Hall–Kier alpha value is -3.02. The van der Waals surface area contributed by atoms with Crippen LogP contribution in [0.5, 0.6) is 11.5 Å². The summed E-state index contributed by atoms with van der Waals surface area (Å²) in [5.74, 6) is -0.720. The zero-order valence-corrected chi connectivity index (χ0v) is 15.6. The smallest absolute Gasteiger partial charge is 0.308 e. The number of ether oxygens (including phenoxy) is 2. The monoisotopic (exact) mass is 371 g/mol. The molecule has 0 radical (unpaired) electrons. The Labute approximate surface area is 159 Å². The molecule has 1 unspecified atom stereocenters. The molecule has 27 heavy (non-hydrogen) atoms. The minimum absolute atomic E-state index is 0.0503. The van der Waals surface area contributed by atoms with E-state index in [-0.39, 0.29) is 19.1 Å². The summed E-state index contributed by atoms with van der Waals surface area (Å²) in [6.07, 6.45) is 0.358. The Kier molecular flexibility index (Phi) is 7.67. The number of hydrogen-bond acceptors (Lipinski definition) is 4. The molecule has 6 heteroatoms. The van der Waals surface area contributed by atoms with Crippen molar-refractivity contribution in [3.63, 3.8) is 0 Å². The first-order valence-corrected chi connectivity index (χ1v) is 8.88. The molecular formula is C21H25NO5. The molecule has 0 fully saturated rings. The summed E-state index contributed by atoms with van der Waals surface area (Å²) in [5, 5.41) is 12.0. The van der Waals surface area contributed by atoms with E-state index in [1.54, 1.807) is 24.3 Å². The summed E-state index contributed by atoms with van der Waals surface area (Å²) in [6.45, 7) is 4.31. The molecule has 0 saturated carbocycles. The van der Waals surface area contributed by atoms with Crippen LogP contribution in [0.4, 0.5) is 0 Å². The molecule has 2 aromatic rings. The van der Waals surface area contributed by atoms with Crippen molar-refractivity contribution < 1.29 is 24.2 Å². The number of amides is 1. The maximum absolute atomic E-state index is 12.0. The lowest BCUT2D eigenvalue weighted by atomic mass is 9.98. The fraction of sp³-hybridized carbons (Fsp3) is 0.333. The molecule has 0 aromatic heterocycles. The predicted molar refractivity (Wildman–Crippen MR) is 102 cm³/mol. The van der Waals surface area contributed by atoms with Crippen molar-refractivity contribution in [3.8, 4) is 11.5 Å². The van der Waals surface area contributed by atoms with Gasteiger partial charge in [0, 0.05) is 6.54 Å². The zero-order valence-electron chi connectivity index (χ0n) is 15.6. The Bertz CT molecular complexity index is 757. The molecule has 2 aromatic carbocycles. The SMILES string of the molecule is CCOc1ccc(OCC(=O)NCC(Cc2cccc(C)c2)C(=O)O)cc1. The van der Waals surface area contributed by atoms with Gasteiger partial charge in [-0.3, -0.25) is 9.59 Å². The van der Waals surface area contributed by atoms with Crippen molar-refractivity contribution in [1.82, 2.24) is 5.32 Å². The molecule has 0 aliphatic heterocycles. The quantitative estimate of drug-likeness (QED) is 0.671. The van der Waals surface area contributed by atoms with Crippen LogP contribution in [0.3, 0.4) is 0 Å². The van der Waals surface area contributed by atoms with Gasteiger partial charge in [0.2, 0.25) is 0 Å². The van der Waals surface area contributed by atoms with Crippen LogP contribution in [-0.4, -0.2) is 36.7 Å². The van der Waals surface area contributed by atoms with Crippen molar-refractivity contribution in [2.24, 2.45) is 5.92 Å². The van der Waals surface area contributed by atoms with Gasteiger partial charge in [-0.1, -0.05) is 29.8 Å². The third kappa shape index (κ3) is 7.01. The van der Waals surface area contributed by atoms with Crippen LogP contribution in [0.15, 0.2) is 48.5 Å². The van der Waals surface area contributed by atoms with Gasteiger partial charge in [0.15, 0.2) is 6.61 Å². The van der Waals surface area contributed by atoms with E-state index in [0.717, 1.165) is 16.9 Å². The lowest BCUT2D eigenvalue weighted by molar-refractivity contribution is -0.141. The van der Waals surface area contributed by atoms with Gasteiger partial charge >= 0.3 is 5.97 Å². The highest BCUT2D eigenvalue weighted by molar-refractivity contribution is 5.78. The van der Waals surface area contributed by atoms with Gasteiger partial charge in [0.25, 0.3) is 5.91 Å². The van der Waals surface area contributed by atoms with Crippen molar-refractivity contribution in [2.75, 3.05) is 19.8 Å². The van der Waals surface area contributed by atoms with Crippen molar-refractivity contribution in [1.29, 1.82) is 0 Å². The van der Waals surface area contributed by atoms with E-state index < -0.39 is 11.9 Å². The van der Waals surface area contributed by atoms with E-state index in [1.807, 2.05) is 38.1 Å². The minimum Gasteiger partial charge on any atom is -0.494 e. The number of carboxylic acids is 1. The van der Waals surface area contributed by atoms with Crippen LogP contribution in [0, 0.1) is 12.8 Å². The first kappa shape index (κ1) is 20.3. The Morgan fingerprint density at radius 1 is 1.07 bits per heavy atom. The average molecular weight is 371 g/mol. The maximum Gasteiger partial charge on any atom is 0.308 e. The fourth-order valence-corrected chi connectivity index (χ4v) is 2.61. The van der Waals surface area contributed by atoms with Gasteiger partial charge in [-0.25, -0.2) is 0 Å². The predicted octanol–water partition coefficient (Wildman–Crippen LogP) is 2.83. The summed E-state index contributed by atoms with van der Waals surface area (Å²) in [4.78, 5) is 23.4. The van der Waals surface area contributed by atoms with Crippen LogP contribution in [0.2, 0.25) is 0 Å². The number of nitrogens with one attached hydrogen (secondary N) is 1. The van der Waals surface area contributed by atoms with Crippen molar-refractivity contribution in [2.45, 2.75) is 20.3 Å². The van der Waals surface area contributed by atoms with Gasteiger partial charge in [-0.2, -0.15) is 0 Å². The zero-order chi connectivity index (χ0) is 19.6. The third-order valence-corrected chi connectivity index (χ3v) is 3.96. The second-order valence-corrected chi connectivity index (χ2v) is 6.23. The summed E-state index contributed by atoms with van der Waals surface area (Å²) in [7, 11) is 0. The molecule has 0 bridgehead atoms. The summed E-state index contributed by atoms with van der Waals surface area (Å²) >= 11 is 0. The number of hydrogen-bond donors (Lipinski definition) is 2. The number of carboxylic acid groups (broad SMARTS) is 1. The molecule has 0 spiro atoms. The molecule has 6 nitrogen and oxygen atoms in total. The molecule has 0 saturated heterocycles. The highest BCUT2D eigenvalue weighted by Gasteiger charge is 2.19. The number of benzene rings is 2. The van der Waals surface area contributed by atoms with Crippen LogP contribution in [0.1, 0.15) is 18.1 Å². The molecule has 1 amide bonds. The second-order valence-electron chi connectivity index (χ2n) is 6.23. The third-order valence-electron chi connectivity index (χ3n) is 3.96. The minimum atomic E-state index is -0.941. The fourth-order valence-electron chi connectivity index (χ4n) is 2.61. The Balaban J connectivity index is 1.80. The van der Waals surface area contributed by atoms with E-state index in [9.17, 15) is 14.7 Å². The van der Waals surface area contributed by atoms with E-state index in [1.165, 1.54) is 0 Å². The Morgan fingerprint density at radius 2 is 1.74 bits per heavy atom. The van der Waals surface area contributed by atoms with Crippen LogP contribution in [-0.2, 0) is 16.0 Å². The molecule has 0 aliphatic carbocycles.